The van der Waals surface area contributed by atoms with Crippen molar-refractivity contribution in [1.82, 2.24) is 0 Å². The monoisotopic (exact) mass is 298 g/mol. The van der Waals surface area contributed by atoms with Crippen molar-refractivity contribution in [3.8, 4) is 17.2 Å². The van der Waals surface area contributed by atoms with Gasteiger partial charge in [0.1, 0.15) is 22.1 Å². The lowest BCUT2D eigenvalue weighted by atomic mass is 10.3. The van der Waals surface area contributed by atoms with E-state index in [1.54, 1.807) is 12.1 Å². The number of halogens is 1. The fraction of sp³-hybridized carbons (Fsp3) is 0.0769. The molecule has 0 N–H and O–H groups in total. The molecule has 0 radical (unpaired) electrons. The molecule has 4 nitrogen and oxygen atoms in total. The van der Waals surface area contributed by atoms with E-state index in [-0.39, 0.29) is 10.6 Å². The molecule has 0 aromatic heterocycles. The molecule has 100 valence electrons. The van der Waals surface area contributed by atoms with Crippen molar-refractivity contribution in [2.45, 2.75) is 4.90 Å². The highest BCUT2D eigenvalue weighted by atomic mass is 35.7. The lowest BCUT2D eigenvalue weighted by Gasteiger charge is -2.09. The molecule has 0 fully saturated rings. The highest BCUT2D eigenvalue weighted by Gasteiger charge is 2.17. The third-order valence-electron chi connectivity index (χ3n) is 2.38. The lowest BCUT2D eigenvalue weighted by molar-refractivity contribution is 0.397. The Hall–Kier alpha value is -1.72. The van der Waals surface area contributed by atoms with Gasteiger partial charge in [-0.05, 0) is 24.3 Å². The second-order valence-corrected chi connectivity index (χ2v) is 6.20. The summed E-state index contributed by atoms with van der Waals surface area (Å²) in [5.74, 6) is 1.25. The standard InChI is InChI=1S/C13H11ClO4S/c1-17-12-9-11(7-8-13(12)19(14,15)16)18-10-5-3-2-4-6-10/h2-9H,1H3. The molecule has 0 amide bonds. The summed E-state index contributed by atoms with van der Waals surface area (Å²) in [5, 5.41) is 0. The van der Waals surface area contributed by atoms with Gasteiger partial charge in [-0.25, -0.2) is 8.42 Å². The van der Waals surface area contributed by atoms with E-state index in [9.17, 15) is 8.42 Å². The van der Waals surface area contributed by atoms with Crippen LogP contribution >= 0.6 is 10.7 Å². The molecule has 0 unspecified atom stereocenters. The van der Waals surface area contributed by atoms with Crippen molar-refractivity contribution in [2.75, 3.05) is 7.11 Å². The average molecular weight is 299 g/mol. The fourth-order valence-corrected chi connectivity index (χ4v) is 2.53. The van der Waals surface area contributed by atoms with Crippen molar-refractivity contribution < 1.29 is 17.9 Å². The van der Waals surface area contributed by atoms with Gasteiger partial charge in [0.2, 0.25) is 0 Å². The van der Waals surface area contributed by atoms with E-state index in [4.69, 9.17) is 20.2 Å². The maximum absolute atomic E-state index is 11.3. The summed E-state index contributed by atoms with van der Waals surface area (Å²) >= 11 is 0. The minimum atomic E-state index is -3.84. The van der Waals surface area contributed by atoms with E-state index in [0.29, 0.717) is 11.5 Å². The van der Waals surface area contributed by atoms with E-state index in [1.165, 1.54) is 25.3 Å². The Labute approximate surface area is 116 Å². The van der Waals surface area contributed by atoms with Crippen molar-refractivity contribution >= 4 is 19.7 Å². The average Bonchev–Trinajstić information content (AvgIpc) is 2.38. The Bertz CT molecular complexity index is 668. The normalized spacial score (nSPS) is 11.1. The molecule has 0 aliphatic rings. The highest BCUT2D eigenvalue weighted by molar-refractivity contribution is 8.13. The molecule has 0 bridgehead atoms. The second kappa shape index (κ2) is 5.50. The van der Waals surface area contributed by atoms with E-state index < -0.39 is 9.05 Å². The van der Waals surface area contributed by atoms with Crippen LogP contribution < -0.4 is 9.47 Å². The smallest absolute Gasteiger partial charge is 0.264 e. The Kier molecular flexibility index (Phi) is 3.97. The predicted octanol–water partition coefficient (Wildman–Crippen LogP) is 3.42. The van der Waals surface area contributed by atoms with Gasteiger partial charge < -0.3 is 9.47 Å². The number of methoxy groups -OCH3 is 1. The van der Waals surface area contributed by atoms with Gasteiger partial charge in [-0.2, -0.15) is 0 Å². The Morgan fingerprint density at radius 3 is 2.26 bits per heavy atom. The molecule has 2 rings (SSSR count). The number of rotatable bonds is 4. The van der Waals surface area contributed by atoms with Gasteiger partial charge in [-0.3, -0.25) is 0 Å². The zero-order chi connectivity index (χ0) is 13.9. The number of hydrogen-bond donors (Lipinski definition) is 0. The first kappa shape index (κ1) is 13.7. The van der Waals surface area contributed by atoms with Crippen LogP contribution in [-0.4, -0.2) is 15.5 Å². The number of para-hydroxylation sites is 1. The van der Waals surface area contributed by atoms with Crippen LogP contribution in [0.1, 0.15) is 0 Å². The van der Waals surface area contributed by atoms with Gasteiger partial charge in [0.05, 0.1) is 7.11 Å². The van der Waals surface area contributed by atoms with Gasteiger partial charge in [-0.15, -0.1) is 0 Å². The van der Waals surface area contributed by atoms with Crippen LogP contribution in [0.3, 0.4) is 0 Å². The summed E-state index contributed by atoms with van der Waals surface area (Å²) in [7, 11) is 2.83. The molecule has 0 saturated carbocycles. The molecule has 0 heterocycles. The first-order valence-electron chi connectivity index (χ1n) is 5.36. The second-order valence-electron chi connectivity index (χ2n) is 3.67. The first-order chi connectivity index (χ1) is 9.00. The molecule has 2 aromatic carbocycles. The van der Waals surface area contributed by atoms with Gasteiger partial charge >= 0.3 is 0 Å². The summed E-state index contributed by atoms with van der Waals surface area (Å²) in [6.45, 7) is 0. The predicted molar refractivity (Wildman–Crippen MR) is 72.5 cm³/mol. The molecule has 2 aromatic rings. The Balaban J connectivity index is 2.35. The van der Waals surface area contributed by atoms with Crippen LogP contribution in [-0.2, 0) is 9.05 Å². The van der Waals surface area contributed by atoms with Crippen LogP contribution in [0.15, 0.2) is 53.4 Å². The molecular weight excluding hydrogens is 288 g/mol. The summed E-state index contributed by atoms with van der Waals surface area (Å²) in [6, 6.07) is 13.5. The zero-order valence-corrected chi connectivity index (χ0v) is 11.6. The van der Waals surface area contributed by atoms with Crippen molar-refractivity contribution in [3.05, 3.63) is 48.5 Å². The fourth-order valence-electron chi connectivity index (χ4n) is 1.54. The summed E-state index contributed by atoms with van der Waals surface area (Å²) in [6.07, 6.45) is 0. The molecule has 0 aliphatic heterocycles. The molecule has 6 heteroatoms. The third kappa shape index (κ3) is 3.39. The van der Waals surface area contributed by atoms with E-state index in [0.717, 1.165) is 0 Å². The molecule has 0 atom stereocenters. The van der Waals surface area contributed by atoms with Gasteiger partial charge in [0.25, 0.3) is 9.05 Å². The highest BCUT2D eigenvalue weighted by Crippen LogP contribution is 2.32. The topological polar surface area (TPSA) is 52.6 Å². The van der Waals surface area contributed by atoms with Crippen LogP contribution in [0, 0.1) is 0 Å². The first-order valence-corrected chi connectivity index (χ1v) is 7.67. The molecule has 0 saturated heterocycles. The van der Waals surface area contributed by atoms with Crippen molar-refractivity contribution in [1.29, 1.82) is 0 Å². The Morgan fingerprint density at radius 1 is 1.00 bits per heavy atom. The number of hydrogen-bond acceptors (Lipinski definition) is 4. The minimum Gasteiger partial charge on any atom is -0.495 e. The van der Waals surface area contributed by atoms with E-state index in [2.05, 4.69) is 0 Å². The van der Waals surface area contributed by atoms with Crippen molar-refractivity contribution in [2.24, 2.45) is 0 Å². The van der Waals surface area contributed by atoms with Crippen LogP contribution in [0.25, 0.3) is 0 Å². The minimum absolute atomic E-state index is 0.0860. The van der Waals surface area contributed by atoms with Crippen molar-refractivity contribution in [3.63, 3.8) is 0 Å². The molecule has 19 heavy (non-hydrogen) atoms. The van der Waals surface area contributed by atoms with Gasteiger partial charge in [0.15, 0.2) is 0 Å². The molecule has 0 spiro atoms. The third-order valence-corrected chi connectivity index (χ3v) is 3.74. The van der Waals surface area contributed by atoms with Gasteiger partial charge in [0, 0.05) is 16.7 Å². The SMILES string of the molecule is COc1cc(Oc2ccccc2)ccc1S(=O)(=O)Cl. The molecule has 0 aliphatic carbocycles. The molecular formula is C13H11ClO4S. The Morgan fingerprint density at radius 2 is 1.68 bits per heavy atom. The quantitative estimate of drug-likeness (QED) is 0.812. The van der Waals surface area contributed by atoms with E-state index in [1.807, 2.05) is 18.2 Å². The van der Waals surface area contributed by atoms with Gasteiger partial charge in [-0.1, -0.05) is 18.2 Å². The maximum Gasteiger partial charge on any atom is 0.264 e. The largest absolute Gasteiger partial charge is 0.495 e. The summed E-state index contributed by atoms with van der Waals surface area (Å²) in [4.78, 5) is -0.0860. The van der Waals surface area contributed by atoms with Crippen LogP contribution in [0.2, 0.25) is 0 Å². The van der Waals surface area contributed by atoms with Crippen LogP contribution in [0.4, 0.5) is 0 Å². The lowest BCUT2D eigenvalue weighted by Crippen LogP contribution is -1.96. The summed E-state index contributed by atoms with van der Waals surface area (Å²) in [5.41, 5.74) is 0. The number of benzene rings is 2. The number of ether oxygens (including phenoxy) is 2. The maximum atomic E-state index is 11.3. The van der Waals surface area contributed by atoms with E-state index >= 15 is 0 Å². The zero-order valence-electron chi connectivity index (χ0n) is 10.0. The summed E-state index contributed by atoms with van der Waals surface area (Å²) < 4.78 is 33.2. The van der Waals surface area contributed by atoms with Crippen LogP contribution in [0.5, 0.6) is 17.2 Å².